The van der Waals surface area contributed by atoms with Gasteiger partial charge in [0.25, 0.3) is 0 Å². The van der Waals surface area contributed by atoms with Gasteiger partial charge in [0.15, 0.2) is 0 Å². The van der Waals surface area contributed by atoms with E-state index in [2.05, 4.69) is 10.2 Å². The zero-order chi connectivity index (χ0) is 13.8. The van der Waals surface area contributed by atoms with E-state index in [0.717, 1.165) is 0 Å². The molecule has 4 nitrogen and oxygen atoms in total. The molecule has 1 N–H and O–H groups in total. The maximum absolute atomic E-state index is 13.4. The summed E-state index contributed by atoms with van der Waals surface area (Å²) in [6.45, 7) is 7.91. The van der Waals surface area contributed by atoms with E-state index in [1.54, 1.807) is 6.07 Å². The van der Waals surface area contributed by atoms with Crippen LogP contribution in [-0.2, 0) is 9.31 Å². The third kappa shape index (κ3) is 1.86. The fourth-order valence-corrected chi connectivity index (χ4v) is 2.14. The molecule has 6 heteroatoms. The summed E-state index contributed by atoms with van der Waals surface area (Å²) < 4.78 is 25.2. The third-order valence-electron chi connectivity index (χ3n) is 4.03. The van der Waals surface area contributed by atoms with Gasteiger partial charge in [0.05, 0.1) is 22.3 Å². The van der Waals surface area contributed by atoms with Crippen molar-refractivity contribution in [2.45, 2.75) is 38.9 Å². The monoisotopic (exact) mass is 262 g/mol. The number of nitrogens with zero attached hydrogens (tertiary/aromatic N) is 1. The molecule has 19 heavy (non-hydrogen) atoms. The predicted octanol–water partition coefficient (Wildman–Crippen LogP) is 2.00. The van der Waals surface area contributed by atoms with E-state index in [4.69, 9.17) is 9.31 Å². The number of hydrogen-bond acceptors (Lipinski definition) is 3. The first-order valence-electron chi connectivity index (χ1n) is 6.29. The fraction of sp³-hybridized carbons (Fsp3) is 0.462. The molecular formula is C13H16BFN2O2. The molecule has 0 radical (unpaired) electrons. The molecule has 0 bridgehead atoms. The van der Waals surface area contributed by atoms with Crippen LogP contribution in [0, 0.1) is 5.82 Å². The molecule has 2 heterocycles. The Morgan fingerprint density at radius 2 is 1.79 bits per heavy atom. The third-order valence-corrected chi connectivity index (χ3v) is 4.03. The predicted molar refractivity (Wildman–Crippen MR) is 71.8 cm³/mol. The van der Waals surface area contributed by atoms with Crippen molar-refractivity contribution in [3.05, 3.63) is 24.0 Å². The van der Waals surface area contributed by atoms with Gasteiger partial charge < -0.3 is 9.31 Å². The number of fused-ring (bicyclic) bond motifs is 1. The molecule has 2 aromatic rings. The SMILES string of the molecule is CC1(C)OB(c2[nH]nc3ccc(F)cc23)OC1(C)C. The number of rotatable bonds is 1. The van der Waals surface area contributed by atoms with E-state index in [0.29, 0.717) is 16.5 Å². The molecule has 0 amide bonds. The standard InChI is InChI=1S/C13H16BFN2O2/c1-12(2)13(3,4)19-14(18-12)11-9-7-8(15)5-6-10(9)16-17-11/h5-7H,1-4H3,(H,16,17). The average Bonchev–Trinajstić information content (AvgIpc) is 2.77. The molecule has 0 atom stereocenters. The van der Waals surface area contributed by atoms with Crippen LogP contribution in [0.2, 0.25) is 0 Å². The van der Waals surface area contributed by atoms with E-state index in [1.807, 2.05) is 27.7 Å². The van der Waals surface area contributed by atoms with Gasteiger partial charge in [-0.2, -0.15) is 5.10 Å². The fourth-order valence-electron chi connectivity index (χ4n) is 2.14. The lowest BCUT2D eigenvalue weighted by molar-refractivity contribution is 0.00578. The topological polar surface area (TPSA) is 47.1 Å². The minimum atomic E-state index is -0.559. The highest BCUT2D eigenvalue weighted by atomic mass is 19.1. The number of hydrogen-bond donors (Lipinski definition) is 1. The Morgan fingerprint density at radius 3 is 2.42 bits per heavy atom. The summed E-state index contributed by atoms with van der Waals surface area (Å²) in [5.41, 5.74) is 0.504. The molecule has 0 unspecified atom stereocenters. The van der Waals surface area contributed by atoms with Crippen LogP contribution in [0.25, 0.3) is 10.9 Å². The van der Waals surface area contributed by atoms with Crippen molar-refractivity contribution in [2.75, 3.05) is 0 Å². The molecular weight excluding hydrogens is 246 g/mol. The van der Waals surface area contributed by atoms with Crippen molar-refractivity contribution >= 4 is 23.6 Å². The van der Waals surface area contributed by atoms with Crippen molar-refractivity contribution in [3.63, 3.8) is 0 Å². The molecule has 0 spiro atoms. The van der Waals surface area contributed by atoms with Gasteiger partial charge in [0.2, 0.25) is 0 Å². The van der Waals surface area contributed by atoms with Crippen LogP contribution in [0.4, 0.5) is 4.39 Å². The molecule has 100 valence electrons. The summed E-state index contributed by atoms with van der Waals surface area (Å²) >= 11 is 0. The van der Waals surface area contributed by atoms with Gasteiger partial charge in [-0.05, 0) is 45.9 Å². The second kappa shape index (κ2) is 3.80. The van der Waals surface area contributed by atoms with Crippen molar-refractivity contribution in [1.29, 1.82) is 0 Å². The Balaban J connectivity index is 2.05. The van der Waals surface area contributed by atoms with Crippen molar-refractivity contribution in [2.24, 2.45) is 0 Å². The van der Waals surface area contributed by atoms with Crippen molar-refractivity contribution < 1.29 is 13.7 Å². The second-order valence-electron chi connectivity index (χ2n) is 5.89. The normalized spacial score (nSPS) is 21.2. The number of aromatic amines is 1. The van der Waals surface area contributed by atoms with E-state index in [1.165, 1.54) is 12.1 Å². The zero-order valence-electron chi connectivity index (χ0n) is 11.5. The van der Waals surface area contributed by atoms with E-state index < -0.39 is 18.3 Å². The number of halogens is 1. The smallest absolute Gasteiger partial charge is 0.398 e. The van der Waals surface area contributed by atoms with Gasteiger partial charge >= 0.3 is 7.12 Å². The molecule has 0 saturated carbocycles. The lowest BCUT2D eigenvalue weighted by Gasteiger charge is -2.32. The van der Waals surface area contributed by atoms with Crippen molar-refractivity contribution in [3.8, 4) is 0 Å². The number of nitrogens with one attached hydrogen (secondary N) is 1. The second-order valence-corrected chi connectivity index (χ2v) is 5.89. The number of H-pyrrole nitrogens is 1. The lowest BCUT2D eigenvalue weighted by Crippen LogP contribution is -2.41. The molecule has 1 aliphatic rings. The Bertz CT molecular complexity index is 623. The summed E-state index contributed by atoms with van der Waals surface area (Å²) in [7, 11) is -0.559. The van der Waals surface area contributed by atoms with E-state index in [9.17, 15) is 4.39 Å². The van der Waals surface area contributed by atoms with Crippen LogP contribution in [0.5, 0.6) is 0 Å². The molecule has 3 rings (SSSR count). The van der Waals surface area contributed by atoms with Gasteiger partial charge in [-0.25, -0.2) is 4.39 Å². The molecule has 1 fully saturated rings. The minimum absolute atomic E-state index is 0.299. The Morgan fingerprint density at radius 1 is 1.16 bits per heavy atom. The molecule has 1 aromatic carbocycles. The Kier molecular flexibility index (Phi) is 2.53. The Hall–Kier alpha value is -1.40. The van der Waals surface area contributed by atoms with E-state index in [-0.39, 0.29) is 5.82 Å². The minimum Gasteiger partial charge on any atom is -0.398 e. The molecule has 1 saturated heterocycles. The first kappa shape index (κ1) is 12.6. The summed E-state index contributed by atoms with van der Waals surface area (Å²) in [4.78, 5) is 0. The van der Waals surface area contributed by atoms with Gasteiger partial charge in [-0.3, -0.25) is 5.10 Å². The van der Waals surface area contributed by atoms with Crippen LogP contribution in [0.1, 0.15) is 27.7 Å². The number of benzene rings is 1. The van der Waals surface area contributed by atoms with Gasteiger partial charge in [-0.15, -0.1) is 0 Å². The first-order chi connectivity index (χ1) is 8.80. The van der Waals surface area contributed by atoms with Crippen LogP contribution in [0.3, 0.4) is 0 Å². The van der Waals surface area contributed by atoms with Gasteiger partial charge in [0.1, 0.15) is 5.82 Å². The van der Waals surface area contributed by atoms with Gasteiger partial charge in [0, 0.05) is 5.39 Å². The van der Waals surface area contributed by atoms with Crippen LogP contribution < -0.4 is 5.59 Å². The summed E-state index contributed by atoms with van der Waals surface area (Å²) in [5, 5.41) is 7.73. The maximum Gasteiger partial charge on any atom is 0.514 e. The summed E-state index contributed by atoms with van der Waals surface area (Å²) in [6, 6.07) is 4.46. The highest BCUT2D eigenvalue weighted by Gasteiger charge is 2.52. The quantitative estimate of drug-likeness (QED) is 0.799. The summed E-state index contributed by atoms with van der Waals surface area (Å²) in [5.74, 6) is -0.299. The van der Waals surface area contributed by atoms with Gasteiger partial charge in [-0.1, -0.05) is 0 Å². The largest absolute Gasteiger partial charge is 0.514 e. The molecule has 1 aromatic heterocycles. The highest BCUT2D eigenvalue weighted by Crippen LogP contribution is 2.36. The maximum atomic E-state index is 13.4. The van der Waals surface area contributed by atoms with Crippen molar-refractivity contribution in [1.82, 2.24) is 10.2 Å². The van der Waals surface area contributed by atoms with Crippen LogP contribution in [0.15, 0.2) is 18.2 Å². The first-order valence-corrected chi connectivity index (χ1v) is 6.29. The number of aromatic nitrogens is 2. The summed E-state index contributed by atoms with van der Waals surface area (Å²) in [6.07, 6.45) is 0. The average molecular weight is 262 g/mol. The van der Waals surface area contributed by atoms with Crippen LogP contribution >= 0.6 is 0 Å². The lowest BCUT2D eigenvalue weighted by atomic mass is 9.82. The molecule has 1 aliphatic heterocycles. The highest BCUT2D eigenvalue weighted by molar-refractivity contribution is 6.64. The Labute approximate surface area is 111 Å². The van der Waals surface area contributed by atoms with E-state index >= 15 is 0 Å². The zero-order valence-corrected chi connectivity index (χ0v) is 11.5. The van der Waals surface area contributed by atoms with Crippen LogP contribution in [-0.4, -0.2) is 28.5 Å². The molecule has 0 aliphatic carbocycles.